The average Bonchev–Trinajstić information content (AvgIpc) is 3.31. The Balaban J connectivity index is 1.47. The van der Waals surface area contributed by atoms with Crippen LogP contribution in [0.1, 0.15) is 17.5 Å². The molecule has 1 aromatic heterocycles. The molecule has 1 amide bonds. The van der Waals surface area contributed by atoms with E-state index in [4.69, 9.17) is 0 Å². The molecule has 0 N–H and O–H groups in total. The van der Waals surface area contributed by atoms with Crippen LogP contribution in [0.25, 0.3) is 11.0 Å². The first-order chi connectivity index (χ1) is 12.2. The Morgan fingerprint density at radius 2 is 1.96 bits per heavy atom. The summed E-state index contributed by atoms with van der Waals surface area (Å²) in [6.07, 6.45) is 3.18. The summed E-state index contributed by atoms with van der Waals surface area (Å²) in [7, 11) is 0. The van der Waals surface area contributed by atoms with E-state index < -0.39 is 0 Å². The van der Waals surface area contributed by atoms with Crippen LogP contribution in [-0.4, -0.2) is 38.2 Å². The van der Waals surface area contributed by atoms with Crippen LogP contribution in [0.4, 0.5) is 0 Å². The van der Waals surface area contributed by atoms with E-state index in [1.54, 1.807) is 16.8 Å². The number of benzene rings is 2. The highest BCUT2D eigenvalue weighted by Gasteiger charge is 2.21. The molecule has 0 saturated heterocycles. The third-order valence-electron chi connectivity index (χ3n) is 4.19. The van der Waals surface area contributed by atoms with Gasteiger partial charge in [-0.05, 0) is 41.6 Å². The molecule has 5 nitrogen and oxygen atoms in total. The van der Waals surface area contributed by atoms with Crippen LogP contribution < -0.4 is 0 Å². The van der Waals surface area contributed by atoms with Crippen molar-refractivity contribution in [1.82, 2.24) is 13.8 Å². The van der Waals surface area contributed by atoms with E-state index in [-0.39, 0.29) is 5.91 Å². The number of hydrogen-bond acceptors (Lipinski definition) is 6. The summed E-state index contributed by atoms with van der Waals surface area (Å²) in [5, 5.41) is 6.11. The summed E-state index contributed by atoms with van der Waals surface area (Å²) in [6, 6.07) is 14.1. The van der Waals surface area contributed by atoms with Crippen LogP contribution in [0.5, 0.6) is 0 Å². The highest BCUT2D eigenvalue weighted by molar-refractivity contribution is 7.98. The van der Waals surface area contributed by atoms with Crippen molar-refractivity contribution in [2.24, 2.45) is 5.10 Å². The molecule has 0 radical (unpaired) electrons. The normalized spacial score (nSPS) is 14.1. The molecule has 0 fully saturated rings. The molecule has 1 aliphatic rings. The number of carbonyl (C=O) groups excluding carboxylic acids is 1. The largest absolute Gasteiger partial charge is 0.273 e. The SMILES string of the molecule is CSc1ccc(C2=NN(C(=O)Cc3ccc4nsnc4c3)CC2)cc1. The van der Waals surface area contributed by atoms with E-state index in [1.165, 1.54) is 16.6 Å². The first-order valence-corrected chi connectivity index (χ1v) is 9.92. The number of amides is 1. The fourth-order valence-corrected chi connectivity index (χ4v) is 3.75. The van der Waals surface area contributed by atoms with Crippen LogP contribution in [0, 0.1) is 0 Å². The first kappa shape index (κ1) is 16.2. The molecule has 3 aromatic rings. The quantitative estimate of drug-likeness (QED) is 0.660. The molecule has 126 valence electrons. The number of nitrogens with zero attached hydrogens (tertiary/aromatic N) is 4. The number of hydrazone groups is 1. The minimum absolute atomic E-state index is 0.0123. The van der Waals surface area contributed by atoms with Gasteiger partial charge < -0.3 is 0 Å². The van der Waals surface area contributed by atoms with E-state index in [0.717, 1.165) is 34.3 Å². The van der Waals surface area contributed by atoms with Crippen LogP contribution in [0.3, 0.4) is 0 Å². The zero-order valence-electron chi connectivity index (χ0n) is 13.7. The minimum atomic E-state index is 0.0123. The number of fused-ring (bicyclic) bond motifs is 1. The lowest BCUT2D eigenvalue weighted by molar-refractivity contribution is -0.130. The molecule has 0 unspecified atom stereocenters. The maximum atomic E-state index is 12.5. The predicted molar refractivity (Wildman–Crippen MR) is 102 cm³/mol. The highest BCUT2D eigenvalue weighted by Crippen LogP contribution is 2.20. The van der Waals surface area contributed by atoms with Crippen LogP contribution in [0.2, 0.25) is 0 Å². The zero-order valence-corrected chi connectivity index (χ0v) is 15.3. The second-order valence-electron chi connectivity index (χ2n) is 5.81. The zero-order chi connectivity index (χ0) is 17.2. The monoisotopic (exact) mass is 368 g/mol. The smallest absolute Gasteiger partial charge is 0.247 e. The Hall–Kier alpha value is -2.25. The predicted octanol–water partition coefficient (Wildman–Crippen LogP) is 3.59. The standard InChI is InChI=1S/C18H16N4OS2/c1-24-14-5-3-13(4-6-14)15-8-9-22(19-15)18(23)11-12-2-7-16-17(10-12)21-25-20-16/h2-7,10H,8-9,11H2,1H3. The summed E-state index contributed by atoms with van der Waals surface area (Å²) in [5.41, 5.74) is 4.72. The molecular weight excluding hydrogens is 352 g/mol. The van der Waals surface area contributed by atoms with Gasteiger partial charge >= 0.3 is 0 Å². The van der Waals surface area contributed by atoms with Crippen molar-refractivity contribution in [3.63, 3.8) is 0 Å². The lowest BCUT2D eigenvalue weighted by Crippen LogP contribution is -2.25. The van der Waals surface area contributed by atoms with Gasteiger partial charge in [0, 0.05) is 11.3 Å². The van der Waals surface area contributed by atoms with Crippen LogP contribution in [0.15, 0.2) is 52.5 Å². The van der Waals surface area contributed by atoms with Gasteiger partial charge in [-0.2, -0.15) is 13.8 Å². The van der Waals surface area contributed by atoms with Gasteiger partial charge in [0.2, 0.25) is 5.91 Å². The topological polar surface area (TPSA) is 58.5 Å². The minimum Gasteiger partial charge on any atom is -0.273 e. The Kier molecular flexibility index (Phi) is 4.50. The second kappa shape index (κ2) is 6.93. The fourth-order valence-electron chi connectivity index (χ4n) is 2.83. The number of rotatable bonds is 4. The van der Waals surface area contributed by atoms with Gasteiger partial charge in [0.15, 0.2) is 0 Å². The summed E-state index contributed by atoms with van der Waals surface area (Å²) in [6.45, 7) is 0.638. The fraction of sp³-hybridized carbons (Fsp3) is 0.222. The van der Waals surface area contributed by atoms with Gasteiger partial charge in [-0.1, -0.05) is 18.2 Å². The van der Waals surface area contributed by atoms with Crippen molar-refractivity contribution < 1.29 is 4.79 Å². The molecule has 7 heteroatoms. The number of thioether (sulfide) groups is 1. The maximum Gasteiger partial charge on any atom is 0.247 e. The third-order valence-corrected chi connectivity index (χ3v) is 5.49. The van der Waals surface area contributed by atoms with Crippen molar-refractivity contribution in [3.05, 3.63) is 53.6 Å². The molecule has 0 spiro atoms. The summed E-state index contributed by atoms with van der Waals surface area (Å²) < 4.78 is 8.41. The molecule has 0 atom stereocenters. The molecule has 25 heavy (non-hydrogen) atoms. The van der Waals surface area contributed by atoms with Gasteiger partial charge in [0.1, 0.15) is 11.0 Å². The Bertz CT molecular complexity index is 949. The van der Waals surface area contributed by atoms with Gasteiger partial charge in [0.25, 0.3) is 0 Å². The van der Waals surface area contributed by atoms with Crippen LogP contribution >= 0.6 is 23.5 Å². The van der Waals surface area contributed by atoms with Crippen molar-refractivity contribution in [2.45, 2.75) is 17.7 Å². The van der Waals surface area contributed by atoms with Crippen molar-refractivity contribution in [2.75, 3.05) is 12.8 Å². The molecule has 4 rings (SSSR count). The summed E-state index contributed by atoms with van der Waals surface area (Å²) in [4.78, 5) is 13.8. The highest BCUT2D eigenvalue weighted by atomic mass is 32.2. The molecule has 0 bridgehead atoms. The number of aromatic nitrogens is 2. The third kappa shape index (κ3) is 3.43. The molecule has 2 aromatic carbocycles. The van der Waals surface area contributed by atoms with E-state index in [0.29, 0.717) is 13.0 Å². The number of hydrogen-bond donors (Lipinski definition) is 0. The van der Waals surface area contributed by atoms with Gasteiger partial charge in [-0.3, -0.25) is 4.79 Å². The van der Waals surface area contributed by atoms with E-state index >= 15 is 0 Å². The van der Waals surface area contributed by atoms with Crippen LogP contribution in [-0.2, 0) is 11.2 Å². The van der Waals surface area contributed by atoms with E-state index in [1.807, 2.05) is 18.2 Å². The van der Waals surface area contributed by atoms with Crippen molar-refractivity contribution in [1.29, 1.82) is 0 Å². The van der Waals surface area contributed by atoms with Gasteiger partial charge in [0.05, 0.1) is 30.4 Å². The molecule has 2 heterocycles. The summed E-state index contributed by atoms with van der Waals surface area (Å²) >= 11 is 2.90. The van der Waals surface area contributed by atoms with E-state index in [9.17, 15) is 4.79 Å². The van der Waals surface area contributed by atoms with Crippen molar-refractivity contribution in [3.8, 4) is 0 Å². The summed E-state index contributed by atoms with van der Waals surface area (Å²) in [5.74, 6) is 0.0123. The first-order valence-electron chi connectivity index (χ1n) is 7.96. The average molecular weight is 368 g/mol. The van der Waals surface area contributed by atoms with Gasteiger partial charge in [-0.15, -0.1) is 11.8 Å². The lowest BCUT2D eigenvalue weighted by Gasteiger charge is -2.11. The molecule has 1 aliphatic heterocycles. The lowest BCUT2D eigenvalue weighted by atomic mass is 10.1. The second-order valence-corrected chi connectivity index (χ2v) is 7.21. The van der Waals surface area contributed by atoms with Crippen molar-refractivity contribution >= 4 is 46.1 Å². The molecular formula is C18H16N4OS2. The molecule has 0 aliphatic carbocycles. The molecule has 0 saturated carbocycles. The Morgan fingerprint density at radius 1 is 1.16 bits per heavy atom. The number of carbonyl (C=O) groups is 1. The van der Waals surface area contributed by atoms with E-state index in [2.05, 4.69) is 44.4 Å². The Labute approximate surface area is 154 Å². The maximum absolute atomic E-state index is 12.5. The van der Waals surface area contributed by atoms with Gasteiger partial charge in [-0.25, -0.2) is 5.01 Å². The Morgan fingerprint density at radius 3 is 2.76 bits per heavy atom.